The molecule has 2 rings (SSSR count). The quantitative estimate of drug-likeness (QED) is 0.828. The summed E-state index contributed by atoms with van der Waals surface area (Å²) in [4.78, 5) is 11.7. The summed E-state index contributed by atoms with van der Waals surface area (Å²) < 4.78 is 14.2. The van der Waals surface area contributed by atoms with Gasteiger partial charge in [-0.05, 0) is 24.3 Å². The minimum Gasteiger partial charge on any atom is -0.394 e. The second kappa shape index (κ2) is 3.98. The SMILES string of the molecule is Nc1cc(Cl)cn(-c2cccc(F)c2)c1=O. The molecular formula is C11H8ClFN2O. The third-order valence-electron chi connectivity index (χ3n) is 2.10. The van der Waals surface area contributed by atoms with Gasteiger partial charge in [-0.3, -0.25) is 9.36 Å². The highest BCUT2D eigenvalue weighted by molar-refractivity contribution is 6.30. The zero-order valence-corrected chi connectivity index (χ0v) is 8.91. The van der Waals surface area contributed by atoms with Gasteiger partial charge >= 0.3 is 0 Å². The van der Waals surface area contributed by atoms with Crippen LogP contribution in [0.2, 0.25) is 5.02 Å². The van der Waals surface area contributed by atoms with Crippen molar-refractivity contribution in [2.75, 3.05) is 5.73 Å². The van der Waals surface area contributed by atoms with E-state index in [1.54, 1.807) is 6.07 Å². The van der Waals surface area contributed by atoms with Crippen LogP contribution >= 0.6 is 11.6 Å². The fourth-order valence-electron chi connectivity index (χ4n) is 1.39. The third-order valence-corrected chi connectivity index (χ3v) is 2.30. The van der Waals surface area contributed by atoms with Gasteiger partial charge in [-0.1, -0.05) is 17.7 Å². The van der Waals surface area contributed by atoms with E-state index in [1.165, 1.54) is 35.0 Å². The van der Waals surface area contributed by atoms with Crippen molar-refractivity contribution in [3.05, 3.63) is 57.7 Å². The molecule has 2 aromatic rings. The summed E-state index contributed by atoms with van der Waals surface area (Å²) in [6.07, 6.45) is 1.40. The number of hydrogen-bond donors (Lipinski definition) is 1. The van der Waals surface area contributed by atoms with Gasteiger partial charge in [-0.15, -0.1) is 0 Å². The molecule has 1 aromatic heterocycles. The normalized spacial score (nSPS) is 10.4. The van der Waals surface area contributed by atoms with E-state index in [0.29, 0.717) is 10.7 Å². The molecule has 0 aliphatic heterocycles. The summed E-state index contributed by atoms with van der Waals surface area (Å²) in [5, 5.41) is 0.321. The Hall–Kier alpha value is -1.81. The van der Waals surface area contributed by atoms with Gasteiger partial charge in [-0.2, -0.15) is 0 Å². The first kappa shape index (κ1) is 10.7. The zero-order valence-electron chi connectivity index (χ0n) is 8.15. The van der Waals surface area contributed by atoms with Crippen molar-refractivity contribution in [2.24, 2.45) is 0 Å². The number of nitrogens with zero attached hydrogens (tertiary/aromatic N) is 1. The van der Waals surface area contributed by atoms with Crippen molar-refractivity contribution in [1.82, 2.24) is 4.57 Å². The molecule has 0 saturated heterocycles. The van der Waals surface area contributed by atoms with E-state index >= 15 is 0 Å². The molecule has 16 heavy (non-hydrogen) atoms. The van der Waals surface area contributed by atoms with Crippen molar-refractivity contribution >= 4 is 17.3 Å². The molecule has 0 spiro atoms. The van der Waals surface area contributed by atoms with Crippen molar-refractivity contribution in [3.8, 4) is 5.69 Å². The van der Waals surface area contributed by atoms with Gasteiger partial charge in [0.05, 0.1) is 16.4 Å². The number of anilines is 1. The van der Waals surface area contributed by atoms with Gasteiger partial charge < -0.3 is 5.73 Å². The Morgan fingerprint density at radius 1 is 1.31 bits per heavy atom. The van der Waals surface area contributed by atoms with Crippen molar-refractivity contribution in [2.45, 2.75) is 0 Å². The Kier molecular flexibility index (Phi) is 2.66. The number of hydrogen-bond acceptors (Lipinski definition) is 2. The number of rotatable bonds is 1. The first-order valence-corrected chi connectivity index (χ1v) is 4.89. The molecular weight excluding hydrogens is 231 g/mol. The number of nitrogens with two attached hydrogens (primary N) is 1. The maximum Gasteiger partial charge on any atom is 0.278 e. The van der Waals surface area contributed by atoms with Crippen LogP contribution in [-0.2, 0) is 0 Å². The fraction of sp³-hybridized carbons (Fsp3) is 0. The molecule has 0 saturated carbocycles. The van der Waals surface area contributed by atoms with Crippen LogP contribution in [0.1, 0.15) is 0 Å². The van der Waals surface area contributed by atoms with Crippen LogP contribution in [0.15, 0.2) is 41.3 Å². The number of benzene rings is 1. The van der Waals surface area contributed by atoms with E-state index in [9.17, 15) is 9.18 Å². The average Bonchev–Trinajstić information content (AvgIpc) is 2.23. The molecule has 0 amide bonds. The summed E-state index contributed by atoms with van der Waals surface area (Å²) in [5.74, 6) is -0.428. The minimum atomic E-state index is -0.428. The highest BCUT2D eigenvalue weighted by Gasteiger charge is 2.05. The lowest BCUT2D eigenvalue weighted by atomic mass is 10.3. The van der Waals surface area contributed by atoms with Crippen molar-refractivity contribution in [3.63, 3.8) is 0 Å². The van der Waals surface area contributed by atoms with Gasteiger partial charge in [0, 0.05) is 6.20 Å². The standard InChI is InChI=1S/C11H8ClFN2O/c12-7-4-10(14)11(16)15(6-7)9-3-1-2-8(13)5-9/h1-6H,14H2. The van der Waals surface area contributed by atoms with E-state index < -0.39 is 11.4 Å². The van der Waals surface area contributed by atoms with Crippen LogP contribution in [-0.4, -0.2) is 4.57 Å². The maximum atomic E-state index is 13.0. The molecule has 0 atom stereocenters. The van der Waals surface area contributed by atoms with Crippen molar-refractivity contribution < 1.29 is 4.39 Å². The molecule has 0 fully saturated rings. The zero-order chi connectivity index (χ0) is 11.7. The molecule has 5 heteroatoms. The number of pyridine rings is 1. The minimum absolute atomic E-state index is 0.0248. The highest BCUT2D eigenvalue weighted by atomic mass is 35.5. The summed E-state index contributed by atoms with van der Waals surface area (Å²) in [7, 11) is 0. The predicted molar refractivity (Wildman–Crippen MR) is 61.4 cm³/mol. The van der Waals surface area contributed by atoms with Crippen molar-refractivity contribution in [1.29, 1.82) is 0 Å². The van der Waals surface area contributed by atoms with Crippen LogP contribution in [0.5, 0.6) is 0 Å². The van der Waals surface area contributed by atoms with Gasteiger partial charge in [0.2, 0.25) is 0 Å². The van der Waals surface area contributed by atoms with Crippen LogP contribution in [0.25, 0.3) is 5.69 Å². The molecule has 2 N–H and O–H groups in total. The second-order valence-corrected chi connectivity index (χ2v) is 3.71. The first-order chi connectivity index (χ1) is 7.58. The van der Waals surface area contributed by atoms with E-state index in [0.717, 1.165) is 0 Å². The monoisotopic (exact) mass is 238 g/mol. The molecule has 0 unspecified atom stereocenters. The third kappa shape index (κ3) is 1.92. The fourth-order valence-corrected chi connectivity index (χ4v) is 1.60. The highest BCUT2D eigenvalue weighted by Crippen LogP contribution is 2.13. The molecule has 0 radical (unpaired) electrons. The number of nitrogen functional groups attached to an aromatic ring is 1. The van der Waals surface area contributed by atoms with Crippen LogP contribution in [0.3, 0.4) is 0 Å². The van der Waals surface area contributed by atoms with Gasteiger partial charge in [0.1, 0.15) is 5.82 Å². The Balaban J connectivity index is 2.69. The maximum absolute atomic E-state index is 13.0. The summed E-state index contributed by atoms with van der Waals surface area (Å²) >= 11 is 5.78. The predicted octanol–water partition coefficient (Wildman–Crippen LogP) is 2.21. The van der Waals surface area contributed by atoms with E-state index in [1.807, 2.05) is 0 Å². The average molecular weight is 239 g/mol. The Morgan fingerprint density at radius 2 is 2.06 bits per heavy atom. The smallest absolute Gasteiger partial charge is 0.278 e. The van der Waals surface area contributed by atoms with Gasteiger partial charge in [-0.25, -0.2) is 4.39 Å². The van der Waals surface area contributed by atoms with E-state index in [4.69, 9.17) is 17.3 Å². The summed E-state index contributed by atoms with van der Waals surface area (Å²) in [6, 6.07) is 6.99. The molecule has 1 aromatic carbocycles. The molecule has 3 nitrogen and oxygen atoms in total. The summed E-state index contributed by atoms with van der Waals surface area (Å²) in [5.41, 5.74) is 5.48. The van der Waals surface area contributed by atoms with Crippen LogP contribution in [0, 0.1) is 5.82 Å². The summed E-state index contributed by atoms with van der Waals surface area (Å²) in [6.45, 7) is 0. The lowest BCUT2D eigenvalue weighted by molar-refractivity contribution is 0.626. The number of aromatic nitrogens is 1. The van der Waals surface area contributed by atoms with E-state index in [2.05, 4.69) is 0 Å². The lowest BCUT2D eigenvalue weighted by Gasteiger charge is -2.07. The number of halogens is 2. The molecule has 1 heterocycles. The lowest BCUT2D eigenvalue weighted by Crippen LogP contribution is -2.20. The second-order valence-electron chi connectivity index (χ2n) is 3.27. The van der Waals surface area contributed by atoms with Gasteiger partial charge in [0.25, 0.3) is 5.56 Å². The molecule has 0 aliphatic carbocycles. The van der Waals surface area contributed by atoms with E-state index in [-0.39, 0.29) is 5.69 Å². The molecule has 82 valence electrons. The topological polar surface area (TPSA) is 48.0 Å². The largest absolute Gasteiger partial charge is 0.394 e. The Bertz CT molecular complexity index is 595. The van der Waals surface area contributed by atoms with Crippen LogP contribution in [0.4, 0.5) is 10.1 Å². The first-order valence-electron chi connectivity index (χ1n) is 4.51. The Morgan fingerprint density at radius 3 is 2.75 bits per heavy atom. The Labute approximate surface area is 95.9 Å². The molecule has 0 aliphatic rings. The van der Waals surface area contributed by atoms with Crippen LogP contribution < -0.4 is 11.3 Å². The molecule has 0 bridgehead atoms. The van der Waals surface area contributed by atoms with Gasteiger partial charge in [0.15, 0.2) is 0 Å².